The van der Waals surface area contributed by atoms with Gasteiger partial charge in [0.25, 0.3) is 10.0 Å². The van der Waals surface area contributed by atoms with Gasteiger partial charge in [0.2, 0.25) is 5.91 Å². The number of carbonyl (C=O) groups is 1. The topological polar surface area (TPSA) is 88.6 Å². The number of rotatable bonds is 9. The van der Waals surface area contributed by atoms with Gasteiger partial charge in [-0.15, -0.1) is 11.8 Å². The number of carbonyl (C=O) groups excluding carboxylic acids is 1. The summed E-state index contributed by atoms with van der Waals surface area (Å²) in [6.07, 6.45) is 5.00. The van der Waals surface area contributed by atoms with Gasteiger partial charge in [0.15, 0.2) is 0 Å². The zero-order valence-corrected chi connectivity index (χ0v) is 18.8. The molecule has 1 aromatic heterocycles. The van der Waals surface area contributed by atoms with Crippen LogP contribution in [0.3, 0.4) is 0 Å². The molecule has 9 heteroatoms. The Bertz CT molecular complexity index is 1100. The summed E-state index contributed by atoms with van der Waals surface area (Å²) in [4.78, 5) is 17.7. The number of nitrogens with zero attached hydrogens (tertiary/aromatic N) is 2. The fraction of sp³-hybridized carbons (Fsp3) is 0.182. The molecule has 0 saturated heterocycles. The van der Waals surface area contributed by atoms with Crippen LogP contribution in [0.5, 0.6) is 5.75 Å². The molecule has 2 aromatic carbocycles. The standard InChI is InChI=1S/C22H23N3O4S2/c1-3-29-19-8-6-18(7-9-19)25(16-22(26)24-17-5-4-14-23-15-17)31(27,28)21-12-10-20(30-2)11-13-21/h4-15H,3,16H2,1-2H3,(H,24,26). The summed E-state index contributed by atoms with van der Waals surface area (Å²) in [6, 6.07) is 16.5. The van der Waals surface area contributed by atoms with Gasteiger partial charge in [-0.3, -0.25) is 14.1 Å². The van der Waals surface area contributed by atoms with Crippen molar-refractivity contribution in [3.63, 3.8) is 0 Å². The number of nitrogens with one attached hydrogen (secondary N) is 1. The first-order chi connectivity index (χ1) is 14.9. The van der Waals surface area contributed by atoms with Crippen LogP contribution >= 0.6 is 11.8 Å². The molecule has 0 spiro atoms. The van der Waals surface area contributed by atoms with E-state index in [0.717, 1.165) is 9.20 Å². The molecule has 31 heavy (non-hydrogen) atoms. The molecule has 0 unspecified atom stereocenters. The van der Waals surface area contributed by atoms with Crippen molar-refractivity contribution < 1.29 is 17.9 Å². The van der Waals surface area contributed by atoms with Gasteiger partial charge in [0, 0.05) is 11.1 Å². The number of ether oxygens (including phenoxy) is 1. The highest BCUT2D eigenvalue weighted by atomic mass is 32.2. The van der Waals surface area contributed by atoms with Gasteiger partial charge in [0.05, 0.1) is 29.1 Å². The van der Waals surface area contributed by atoms with Crippen molar-refractivity contribution in [1.82, 2.24) is 4.98 Å². The van der Waals surface area contributed by atoms with E-state index >= 15 is 0 Å². The van der Waals surface area contributed by atoms with Gasteiger partial charge in [0.1, 0.15) is 12.3 Å². The van der Waals surface area contributed by atoms with Crippen LogP contribution in [-0.4, -0.2) is 38.7 Å². The van der Waals surface area contributed by atoms with Gasteiger partial charge >= 0.3 is 0 Å². The quantitative estimate of drug-likeness (QED) is 0.488. The SMILES string of the molecule is CCOc1ccc(N(CC(=O)Nc2cccnc2)S(=O)(=O)c2ccc(SC)cc2)cc1. The van der Waals surface area contributed by atoms with Crippen LogP contribution in [0.1, 0.15) is 6.92 Å². The van der Waals surface area contributed by atoms with Crippen molar-refractivity contribution in [3.05, 3.63) is 73.1 Å². The lowest BCUT2D eigenvalue weighted by Crippen LogP contribution is -2.38. The number of thioether (sulfide) groups is 1. The lowest BCUT2D eigenvalue weighted by Gasteiger charge is -2.24. The lowest BCUT2D eigenvalue weighted by atomic mass is 10.3. The Morgan fingerprint density at radius 3 is 2.39 bits per heavy atom. The first-order valence-electron chi connectivity index (χ1n) is 9.53. The zero-order valence-electron chi connectivity index (χ0n) is 17.2. The van der Waals surface area contributed by atoms with Crippen LogP contribution < -0.4 is 14.4 Å². The number of sulfonamides is 1. The molecule has 7 nitrogen and oxygen atoms in total. The maximum atomic E-state index is 13.4. The van der Waals surface area contributed by atoms with Crippen LogP contribution in [0, 0.1) is 0 Å². The van der Waals surface area contributed by atoms with Crippen LogP contribution in [-0.2, 0) is 14.8 Å². The Balaban J connectivity index is 1.93. The fourth-order valence-electron chi connectivity index (χ4n) is 2.83. The molecule has 0 radical (unpaired) electrons. The minimum Gasteiger partial charge on any atom is -0.494 e. The van der Waals surface area contributed by atoms with Gasteiger partial charge < -0.3 is 10.1 Å². The predicted molar refractivity (Wildman–Crippen MR) is 123 cm³/mol. The van der Waals surface area contributed by atoms with E-state index in [1.165, 1.54) is 18.0 Å². The first-order valence-corrected chi connectivity index (χ1v) is 12.2. The lowest BCUT2D eigenvalue weighted by molar-refractivity contribution is -0.114. The van der Waals surface area contributed by atoms with Crippen molar-refractivity contribution in [1.29, 1.82) is 0 Å². The van der Waals surface area contributed by atoms with Crippen molar-refractivity contribution in [3.8, 4) is 5.75 Å². The molecule has 0 aliphatic carbocycles. The summed E-state index contributed by atoms with van der Waals surface area (Å²) in [5, 5.41) is 2.68. The Labute approximate surface area is 186 Å². The van der Waals surface area contributed by atoms with Crippen molar-refractivity contribution in [2.75, 3.05) is 29.0 Å². The number of benzene rings is 2. The van der Waals surface area contributed by atoms with Crippen LogP contribution in [0.2, 0.25) is 0 Å². The molecule has 0 aliphatic heterocycles. The molecular weight excluding hydrogens is 434 g/mol. The van der Waals surface area contributed by atoms with Gasteiger partial charge in [-0.1, -0.05) is 0 Å². The van der Waals surface area contributed by atoms with Crippen LogP contribution in [0.15, 0.2) is 82.8 Å². The predicted octanol–water partition coefficient (Wildman–Crippen LogP) is 4.04. The molecule has 0 aliphatic rings. The molecular formula is C22H23N3O4S2. The number of aromatic nitrogens is 1. The minimum atomic E-state index is -3.98. The van der Waals surface area contributed by atoms with Gasteiger partial charge in [-0.25, -0.2) is 8.42 Å². The Hall–Kier alpha value is -3.04. The summed E-state index contributed by atoms with van der Waals surface area (Å²) in [5.41, 5.74) is 0.847. The molecule has 0 atom stereocenters. The summed E-state index contributed by atoms with van der Waals surface area (Å²) in [7, 11) is -3.98. The number of pyridine rings is 1. The summed E-state index contributed by atoms with van der Waals surface area (Å²) >= 11 is 1.52. The van der Waals surface area contributed by atoms with Crippen molar-refractivity contribution >= 4 is 39.1 Å². The fourth-order valence-corrected chi connectivity index (χ4v) is 4.66. The van der Waals surface area contributed by atoms with E-state index in [0.29, 0.717) is 23.7 Å². The maximum absolute atomic E-state index is 13.4. The van der Waals surface area contributed by atoms with E-state index in [2.05, 4.69) is 10.3 Å². The first kappa shape index (κ1) is 22.6. The third-order valence-corrected chi connectivity index (χ3v) is 6.85. The zero-order chi connectivity index (χ0) is 22.3. The molecule has 0 saturated carbocycles. The highest BCUT2D eigenvalue weighted by Gasteiger charge is 2.27. The van der Waals surface area contributed by atoms with Gasteiger partial charge in [-0.2, -0.15) is 0 Å². The summed E-state index contributed by atoms with van der Waals surface area (Å²) < 4.78 is 33.4. The molecule has 3 aromatic rings. The molecule has 1 amide bonds. The number of hydrogen-bond donors (Lipinski definition) is 1. The molecule has 0 fully saturated rings. The van der Waals surface area contributed by atoms with E-state index in [1.807, 2.05) is 13.2 Å². The van der Waals surface area contributed by atoms with Gasteiger partial charge in [-0.05, 0) is 73.8 Å². The smallest absolute Gasteiger partial charge is 0.264 e. The molecule has 162 valence electrons. The second-order valence-corrected chi connectivity index (χ2v) is 9.15. The Morgan fingerprint density at radius 1 is 1.10 bits per heavy atom. The highest BCUT2D eigenvalue weighted by molar-refractivity contribution is 7.98. The van der Waals surface area contributed by atoms with Crippen LogP contribution in [0.4, 0.5) is 11.4 Å². The molecule has 1 N–H and O–H groups in total. The second-order valence-electron chi connectivity index (χ2n) is 6.40. The second kappa shape index (κ2) is 10.3. The molecule has 3 rings (SSSR count). The third kappa shape index (κ3) is 5.77. The van der Waals surface area contributed by atoms with E-state index in [-0.39, 0.29) is 4.90 Å². The van der Waals surface area contributed by atoms with E-state index in [1.54, 1.807) is 66.9 Å². The summed E-state index contributed by atoms with van der Waals surface area (Å²) in [6.45, 7) is 1.97. The average Bonchev–Trinajstić information content (AvgIpc) is 2.79. The minimum absolute atomic E-state index is 0.105. The van der Waals surface area contributed by atoms with Crippen molar-refractivity contribution in [2.24, 2.45) is 0 Å². The third-order valence-electron chi connectivity index (χ3n) is 4.32. The number of amides is 1. The number of anilines is 2. The van der Waals surface area contributed by atoms with E-state index in [4.69, 9.17) is 4.74 Å². The molecule has 0 bridgehead atoms. The summed E-state index contributed by atoms with van der Waals surface area (Å²) in [5.74, 6) is 0.138. The largest absolute Gasteiger partial charge is 0.494 e. The van der Waals surface area contributed by atoms with Crippen molar-refractivity contribution in [2.45, 2.75) is 16.7 Å². The van der Waals surface area contributed by atoms with Crippen LogP contribution in [0.25, 0.3) is 0 Å². The van der Waals surface area contributed by atoms with E-state index < -0.39 is 22.5 Å². The average molecular weight is 458 g/mol. The van der Waals surface area contributed by atoms with E-state index in [9.17, 15) is 13.2 Å². The molecule has 1 heterocycles. The normalized spacial score (nSPS) is 11.0. The maximum Gasteiger partial charge on any atom is 0.264 e. The Kier molecular flexibility index (Phi) is 7.54. The highest BCUT2D eigenvalue weighted by Crippen LogP contribution is 2.27. The Morgan fingerprint density at radius 2 is 1.81 bits per heavy atom. The monoisotopic (exact) mass is 457 g/mol. The number of hydrogen-bond acceptors (Lipinski definition) is 6.